The van der Waals surface area contributed by atoms with Gasteiger partial charge in [0, 0.05) is 25.7 Å². The largest absolute Gasteiger partial charge is 1.00 e. The summed E-state index contributed by atoms with van der Waals surface area (Å²) in [6, 6.07) is 8.26. The van der Waals surface area contributed by atoms with E-state index in [2.05, 4.69) is 19.1 Å². The number of quaternary nitrogens is 1. The van der Waals surface area contributed by atoms with Gasteiger partial charge in [-0.2, -0.15) is 4.57 Å². The zero-order chi connectivity index (χ0) is 16.2. The third-order valence-electron chi connectivity index (χ3n) is 5.82. The number of carbonyl (C=O) groups is 1. The minimum Gasteiger partial charge on any atom is -1.00 e. The van der Waals surface area contributed by atoms with Crippen LogP contribution in [0.2, 0.25) is 0 Å². The van der Waals surface area contributed by atoms with Gasteiger partial charge in [-0.15, -0.1) is 0 Å². The van der Waals surface area contributed by atoms with E-state index in [0.717, 1.165) is 21.9 Å². The lowest BCUT2D eigenvalue weighted by atomic mass is 9.98. The number of aromatic amines is 1. The standard InChI is InChI=1S/C17H21N3O3.BrH/c1-20(2)11-7-8-12(20)10-13(9-11)23-17(22)19-15-6-4-3-5-14(15)18-16(19)21;/h3-6,11-13H,7-10H2,1-2H3;1H. The van der Waals surface area contributed by atoms with Crippen LogP contribution in [-0.4, -0.2) is 52.4 Å². The van der Waals surface area contributed by atoms with E-state index < -0.39 is 11.8 Å². The van der Waals surface area contributed by atoms with Crippen LogP contribution < -0.4 is 22.7 Å². The molecule has 2 aromatic rings. The molecule has 24 heavy (non-hydrogen) atoms. The molecule has 1 N–H and O–H groups in total. The van der Waals surface area contributed by atoms with Crippen molar-refractivity contribution in [1.29, 1.82) is 0 Å². The van der Waals surface area contributed by atoms with Crippen LogP contribution in [0.4, 0.5) is 4.79 Å². The third-order valence-corrected chi connectivity index (χ3v) is 5.82. The number of halogens is 1. The molecule has 6 nitrogen and oxygen atoms in total. The Morgan fingerprint density at radius 3 is 2.50 bits per heavy atom. The Labute approximate surface area is 150 Å². The molecule has 130 valence electrons. The summed E-state index contributed by atoms with van der Waals surface area (Å²) >= 11 is 0. The average molecular weight is 396 g/mol. The van der Waals surface area contributed by atoms with E-state index in [1.54, 1.807) is 18.2 Å². The predicted octanol–water partition coefficient (Wildman–Crippen LogP) is -0.912. The summed E-state index contributed by atoms with van der Waals surface area (Å²) in [5.74, 6) is 0. The summed E-state index contributed by atoms with van der Waals surface area (Å²) in [6.45, 7) is 0. The van der Waals surface area contributed by atoms with Crippen LogP contribution in [0, 0.1) is 0 Å². The van der Waals surface area contributed by atoms with Gasteiger partial charge in [-0.05, 0) is 12.1 Å². The molecule has 1 aromatic heterocycles. The fraction of sp³-hybridized carbons (Fsp3) is 0.529. The molecule has 2 unspecified atom stereocenters. The van der Waals surface area contributed by atoms with Crippen molar-refractivity contribution in [3.63, 3.8) is 0 Å². The molecule has 2 aliphatic rings. The van der Waals surface area contributed by atoms with Gasteiger partial charge in [-0.25, -0.2) is 9.59 Å². The molecular weight excluding hydrogens is 374 g/mol. The van der Waals surface area contributed by atoms with Crippen LogP contribution in [0.5, 0.6) is 0 Å². The van der Waals surface area contributed by atoms with Crippen molar-refractivity contribution in [3.05, 3.63) is 34.7 Å². The van der Waals surface area contributed by atoms with Crippen LogP contribution in [-0.2, 0) is 4.74 Å². The van der Waals surface area contributed by atoms with Gasteiger partial charge in [0.25, 0.3) is 0 Å². The van der Waals surface area contributed by atoms with Crippen LogP contribution >= 0.6 is 0 Å². The Morgan fingerprint density at radius 1 is 1.21 bits per heavy atom. The monoisotopic (exact) mass is 395 g/mol. The lowest BCUT2D eigenvalue weighted by molar-refractivity contribution is -0.931. The molecule has 0 amide bonds. The Hall–Kier alpha value is -1.60. The molecule has 2 atom stereocenters. The minimum absolute atomic E-state index is 0. The van der Waals surface area contributed by atoms with Gasteiger partial charge in [0.1, 0.15) is 6.10 Å². The number of H-pyrrole nitrogens is 1. The predicted molar refractivity (Wildman–Crippen MR) is 86.4 cm³/mol. The Balaban J connectivity index is 0.00000169. The summed E-state index contributed by atoms with van der Waals surface area (Å²) in [5.41, 5.74) is 0.777. The fourth-order valence-electron chi connectivity index (χ4n) is 4.36. The molecular formula is C17H22BrN3O3. The van der Waals surface area contributed by atoms with Crippen LogP contribution in [0.15, 0.2) is 29.1 Å². The highest BCUT2D eigenvalue weighted by atomic mass is 79.9. The van der Waals surface area contributed by atoms with Crippen LogP contribution in [0.25, 0.3) is 11.0 Å². The van der Waals surface area contributed by atoms with Crippen molar-refractivity contribution < 1.29 is 31.0 Å². The van der Waals surface area contributed by atoms with Crippen LogP contribution in [0.3, 0.4) is 0 Å². The van der Waals surface area contributed by atoms with Gasteiger partial charge in [0.2, 0.25) is 0 Å². The number of ether oxygens (including phenoxy) is 1. The summed E-state index contributed by atoms with van der Waals surface area (Å²) in [6.07, 6.45) is 3.49. The number of fused-ring (bicyclic) bond motifs is 3. The van der Waals surface area contributed by atoms with Gasteiger partial charge >= 0.3 is 11.8 Å². The molecule has 2 saturated heterocycles. The SMILES string of the molecule is C[N+]1(C)C2CCC1CC(OC(=O)n1c(=O)[nH]c3ccccc31)C2.[Br-]. The minimum atomic E-state index is -0.566. The number of hydrogen-bond acceptors (Lipinski definition) is 3. The highest BCUT2D eigenvalue weighted by molar-refractivity contribution is 5.86. The number of hydrogen-bond donors (Lipinski definition) is 1. The molecule has 3 heterocycles. The first-order valence-electron chi connectivity index (χ1n) is 8.21. The maximum Gasteiger partial charge on any atom is 0.423 e. The lowest BCUT2D eigenvalue weighted by Gasteiger charge is -2.43. The summed E-state index contributed by atoms with van der Waals surface area (Å²) < 4.78 is 7.82. The molecule has 2 fully saturated rings. The normalized spacial score (nSPS) is 27.7. The molecule has 2 aliphatic heterocycles. The molecule has 0 saturated carbocycles. The van der Waals surface area contributed by atoms with Crippen molar-refractivity contribution in [2.75, 3.05) is 14.1 Å². The maximum absolute atomic E-state index is 12.5. The van der Waals surface area contributed by atoms with Crippen molar-refractivity contribution in [2.45, 2.75) is 43.9 Å². The van der Waals surface area contributed by atoms with Crippen molar-refractivity contribution in [2.24, 2.45) is 0 Å². The van der Waals surface area contributed by atoms with Crippen LogP contribution in [0.1, 0.15) is 25.7 Å². The number of carbonyl (C=O) groups excluding carboxylic acids is 1. The lowest BCUT2D eigenvalue weighted by Crippen LogP contribution is -3.00. The van der Waals surface area contributed by atoms with E-state index in [1.807, 2.05) is 6.07 Å². The molecule has 1 aromatic carbocycles. The first-order chi connectivity index (χ1) is 11.0. The summed E-state index contributed by atoms with van der Waals surface area (Å²) in [5, 5.41) is 0. The number of rotatable bonds is 1. The highest BCUT2D eigenvalue weighted by Gasteiger charge is 2.50. The number of nitrogens with zero attached hydrogens (tertiary/aromatic N) is 2. The zero-order valence-corrected chi connectivity index (χ0v) is 15.5. The van der Waals surface area contributed by atoms with E-state index in [4.69, 9.17) is 4.74 Å². The summed E-state index contributed by atoms with van der Waals surface area (Å²) in [4.78, 5) is 27.3. The Bertz CT molecular complexity index is 810. The Kier molecular flexibility index (Phi) is 4.34. The van der Waals surface area contributed by atoms with Gasteiger partial charge in [0.05, 0.1) is 37.2 Å². The van der Waals surface area contributed by atoms with Crippen molar-refractivity contribution in [1.82, 2.24) is 9.55 Å². The maximum atomic E-state index is 12.5. The second kappa shape index (κ2) is 6.04. The quantitative estimate of drug-likeness (QED) is 0.635. The number of para-hydroxylation sites is 2. The van der Waals surface area contributed by atoms with Gasteiger partial charge in [-0.3, -0.25) is 0 Å². The average Bonchev–Trinajstić information content (AvgIpc) is 2.85. The van der Waals surface area contributed by atoms with Gasteiger partial charge < -0.3 is 31.2 Å². The molecule has 0 aliphatic carbocycles. The second-order valence-electron chi connectivity index (χ2n) is 7.27. The summed E-state index contributed by atoms with van der Waals surface area (Å²) in [7, 11) is 4.54. The van der Waals surface area contributed by atoms with Crippen molar-refractivity contribution >= 4 is 17.1 Å². The van der Waals surface area contributed by atoms with E-state index in [0.29, 0.717) is 23.1 Å². The number of benzene rings is 1. The van der Waals surface area contributed by atoms with E-state index in [9.17, 15) is 9.59 Å². The fourth-order valence-corrected chi connectivity index (χ4v) is 4.36. The molecule has 2 bridgehead atoms. The first kappa shape index (κ1) is 17.2. The number of aromatic nitrogens is 2. The molecule has 4 rings (SSSR count). The molecule has 0 radical (unpaired) electrons. The third kappa shape index (κ3) is 2.59. The first-order valence-corrected chi connectivity index (χ1v) is 8.21. The zero-order valence-electron chi connectivity index (χ0n) is 13.9. The van der Waals surface area contributed by atoms with Gasteiger partial charge in [-0.1, -0.05) is 12.1 Å². The topological polar surface area (TPSA) is 64.1 Å². The number of imidazole rings is 1. The smallest absolute Gasteiger partial charge is 0.423 e. The molecule has 0 spiro atoms. The van der Waals surface area contributed by atoms with E-state index >= 15 is 0 Å². The van der Waals surface area contributed by atoms with Crippen molar-refractivity contribution in [3.8, 4) is 0 Å². The Morgan fingerprint density at radius 2 is 1.83 bits per heavy atom. The number of nitrogens with one attached hydrogen (secondary N) is 1. The second-order valence-corrected chi connectivity index (χ2v) is 7.27. The number of piperidine rings is 1. The molecule has 7 heteroatoms. The highest BCUT2D eigenvalue weighted by Crippen LogP contribution is 2.40. The van der Waals surface area contributed by atoms with E-state index in [-0.39, 0.29) is 23.1 Å². The van der Waals surface area contributed by atoms with E-state index in [1.165, 1.54) is 12.8 Å². The van der Waals surface area contributed by atoms with Gasteiger partial charge in [0.15, 0.2) is 0 Å².